The molecule has 2 aromatic carbocycles. The van der Waals surface area contributed by atoms with Crippen LogP contribution in [-0.2, 0) is 29.8 Å². The molecule has 0 aromatic heterocycles. The second-order valence-electron chi connectivity index (χ2n) is 6.51. The van der Waals surface area contributed by atoms with Gasteiger partial charge in [-0.3, -0.25) is 9.59 Å². The molecule has 2 aromatic rings. The molecule has 6 N–H and O–H groups in total. The van der Waals surface area contributed by atoms with Crippen LogP contribution in [0.25, 0.3) is 0 Å². The van der Waals surface area contributed by atoms with E-state index >= 15 is 0 Å². The van der Waals surface area contributed by atoms with E-state index in [0.29, 0.717) is 0 Å². The molecule has 12 nitrogen and oxygen atoms in total. The third kappa shape index (κ3) is 7.14. The van der Waals surface area contributed by atoms with E-state index in [1.54, 1.807) is 0 Å². The van der Waals surface area contributed by atoms with E-state index in [1.165, 1.54) is 12.1 Å². The molecule has 0 amide bonds. The van der Waals surface area contributed by atoms with Gasteiger partial charge in [0.15, 0.2) is 0 Å². The van der Waals surface area contributed by atoms with Gasteiger partial charge in [0.2, 0.25) is 11.6 Å². The van der Waals surface area contributed by atoms with Crippen molar-refractivity contribution < 1.29 is 94.6 Å². The maximum atomic E-state index is 12.4. The second-order valence-corrected chi connectivity index (χ2v) is 9.20. The minimum Gasteiger partial charge on any atom is -0.744 e. The van der Waals surface area contributed by atoms with Crippen molar-refractivity contribution in [2.24, 2.45) is 0 Å². The summed E-state index contributed by atoms with van der Waals surface area (Å²) in [6.07, 6.45) is 1.82. The van der Waals surface area contributed by atoms with Crippen LogP contribution >= 0.6 is 0 Å². The summed E-state index contributed by atoms with van der Waals surface area (Å²) in [5.41, 5.74) is 9.99. The summed E-state index contributed by atoms with van der Waals surface area (Å²) in [6, 6.07) is 6.75. The van der Waals surface area contributed by atoms with E-state index in [1.807, 2.05) is 0 Å². The van der Waals surface area contributed by atoms with Gasteiger partial charge < -0.3 is 31.2 Å². The Morgan fingerprint density at radius 3 is 1.26 bits per heavy atom. The fraction of sp³-hybridized carbons (Fsp3) is 0. The van der Waals surface area contributed by atoms with Gasteiger partial charge in [-0.05, 0) is 36.4 Å². The number of benzene rings is 2. The molecule has 0 saturated carbocycles. The SMILES string of the molecule is Nc1ccc(NC2=CC(=O)C(Nc3ccc(N)c(S(=O)(=O)[O-])c3)=CC2=O)cc1S(=O)(=O)[O-].[Na+].[Na+]. The van der Waals surface area contributed by atoms with Crippen LogP contribution in [0.2, 0.25) is 0 Å². The number of carbonyl (C=O) groups is 2. The van der Waals surface area contributed by atoms with E-state index in [0.717, 1.165) is 36.4 Å². The van der Waals surface area contributed by atoms with Crippen LogP contribution in [0.4, 0.5) is 22.7 Å². The number of ketones is 2. The molecule has 168 valence electrons. The first-order valence-corrected chi connectivity index (χ1v) is 11.3. The molecule has 0 heterocycles. The summed E-state index contributed by atoms with van der Waals surface area (Å²) in [4.78, 5) is 23.4. The average molecular weight is 524 g/mol. The molecule has 1 aliphatic rings. The zero-order valence-corrected chi connectivity index (χ0v) is 23.5. The third-order valence-corrected chi connectivity index (χ3v) is 5.99. The second kappa shape index (κ2) is 11.3. The number of hydrogen-bond acceptors (Lipinski definition) is 12. The summed E-state index contributed by atoms with van der Waals surface area (Å²) < 4.78 is 67.5. The van der Waals surface area contributed by atoms with E-state index < -0.39 is 41.6 Å². The van der Waals surface area contributed by atoms with Gasteiger partial charge in [-0.25, -0.2) is 16.8 Å². The zero-order chi connectivity index (χ0) is 23.8. The van der Waals surface area contributed by atoms with Gasteiger partial charge >= 0.3 is 59.1 Å². The summed E-state index contributed by atoms with van der Waals surface area (Å²) >= 11 is 0. The summed E-state index contributed by atoms with van der Waals surface area (Å²) in [6.45, 7) is 0. The van der Waals surface area contributed by atoms with Crippen LogP contribution in [0, 0.1) is 0 Å². The minimum absolute atomic E-state index is 0. The molecule has 0 aliphatic heterocycles. The number of nitrogens with two attached hydrogens (primary N) is 2. The van der Waals surface area contributed by atoms with Crippen molar-refractivity contribution in [2.45, 2.75) is 9.79 Å². The average Bonchev–Trinajstić information content (AvgIpc) is 2.67. The number of anilines is 4. The Hall–Kier alpha value is -1.72. The van der Waals surface area contributed by atoms with Crippen molar-refractivity contribution in [3.63, 3.8) is 0 Å². The van der Waals surface area contributed by atoms with Gasteiger partial charge in [0.05, 0.1) is 21.2 Å². The number of hydrogen-bond donors (Lipinski definition) is 4. The Kier molecular flexibility index (Phi) is 10.1. The largest absolute Gasteiger partial charge is 1.00 e. The van der Waals surface area contributed by atoms with Gasteiger partial charge in [-0.15, -0.1) is 0 Å². The molecular weight excluding hydrogens is 510 g/mol. The molecule has 3 rings (SSSR count). The Bertz CT molecular complexity index is 1330. The quantitative estimate of drug-likeness (QED) is 0.120. The van der Waals surface area contributed by atoms with Crippen molar-refractivity contribution in [1.29, 1.82) is 0 Å². The molecule has 0 radical (unpaired) electrons. The standard InChI is InChI=1S/C18H16N4O8S2.2Na/c19-11-3-1-9(5-17(11)31(25,26)27)21-13-7-16(24)14(8-15(13)23)22-10-2-4-12(20)18(6-10)32(28,29)30;;/h1-8,21-22H,19-20H2,(H,25,26,27)(H,28,29,30);;/q;2*+1/p-2. The van der Waals surface area contributed by atoms with Gasteiger partial charge in [0.25, 0.3) is 0 Å². The molecule has 0 atom stereocenters. The van der Waals surface area contributed by atoms with Crippen molar-refractivity contribution in [3.8, 4) is 0 Å². The third-order valence-electron chi connectivity index (χ3n) is 4.21. The monoisotopic (exact) mass is 524 g/mol. The van der Waals surface area contributed by atoms with Gasteiger partial charge in [-0.1, -0.05) is 0 Å². The molecule has 0 spiro atoms. The Balaban J connectivity index is 0.00000289. The van der Waals surface area contributed by atoms with Gasteiger partial charge in [-0.2, -0.15) is 0 Å². The van der Waals surface area contributed by atoms with Crippen LogP contribution in [0.1, 0.15) is 0 Å². The summed E-state index contributed by atoms with van der Waals surface area (Å²) in [7, 11) is -9.73. The smallest absolute Gasteiger partial charge is 0.744 e. The Morgan fingerprint density at radius 2 is 0.971 bits per heavy atom. The van der Waals surface area contributed by atoms with E-state index in [4.69, 9.17) is 11.5 Å². The molecule has 16 heteroatoms. The molecule has 1 aliphatic carbocycles. The molecule has 34 heavy (non-hydrogen) atoms. The molecular formula is C18H14N4Na2O8S2. The molecule has 0 saturated heterocycles. The maximum Gasteiger partial charge on any atom is 1.00 e. The van der Waals surface area contributed by atoms with Gasteiger partial charge in [0.1, 0.15) is 20.2 Å². The fourth-order valence-corrected chi connectivity index (χ4v) is 3.98. The number of rotatable bonds is 6. The molecule has 0 unspecified atom stereocenters. The van der Waals surface area contributed by atoms with Crippen molar-refractivity contribution >= 4 is 54.6 Å². The molecule has 0 fully saturated rings. The molecule has 0 bridgehead atoms. The normalized spacial score (nSPS) is 13.7. The first kappa shape index (κ1) is 30.3. The van der Waals surface area contributed by atoms with E-state index in [2.05, 4.69) is 10.6 Å². The zero-order valence-electron chi connectivity index (χ0n) is 17.9. The van der Waals surface area contributed by atoms with Crippen LogP contribution < -0.4 is 81.2 Å². The maximum absolute atomic E-state index is 12.4. The van der Waals surface area contributed by atoms with Crippen molar-refractivity contribution in [1.82, 2.24) is 0 Å². The van der Waals surface area contributed by atoms with Crippen LogP contribution in [0.15, 0.2) is 69.7 Å². The first-order valence-electron chi connectivity index (χ1n) is 8.52. The summed E-state index contributed by atoms with van der Waals surface area (Å²) in [5.74, 6) is -1.38. The van der Waals surface area contributed by atoms with Crippen LogP contribution in [-0.4, -0.2) is 37.5 Å². The topological polar surface area (TPSA) is 225 Å². The van der Waals surface area contributed by atoms with E-state index in [-0.39, 0.29) is 93.3 Å². The van der Waals surface area contributed by atoms with Crippen molar-refractivity contribution in [2.75, 3.05) is 22.1 Å². The van der Waals surface area contributed by atoms with Crippen molar-refractivity contribution in [3.05, 3.63) is 59.9 Å². The number of nitrogens with one attached hydrogen (secondary N) is 2. The van der Waals surface area contributed by atoms with Crippen LogP contribution in [0.3, 0.4) is 0 Å². The first-order chi connectivity index (χ1) is 14.8. The predicted octanol–water partition coefficient (Wildman–Crippen LogP) is -5.89. The summed E-state index contributed by atoms with van der Waals surface area (Å²) in [5, 5.41) is 5.09. The predicted molar refractivity (Wildman–Crippen MR) is 111 cm³/mol. The van der Waals surface area contributed by atoms with E-state index in [9.17, 15) is 35.5 Å². The fourth-order valence-electron chi connectivity index (χ4n) is 2.72. The van der Waals surface area contributed by atoms with Crippen LogP contribution in [0.5, 0.6) is 0 Å². The number of nitrogen functional groups attached to an aromatic ring is 2. The number of allylic oxidation sites excluding steroid dienone is 2. The minimum atomic E-state index is -4.86. The number of carbonyl (C=O) groups excluding carboxylic acids is 2. The van der Waals surface area contributed by atoms with Gasteiger partial charge in [0, 0.05) is 34.9 Å². The Labute approximate surface area is 238 Å². The Morgan fingerprint density at radius 1 is 0.647 bits per heavy atom.